The Kier molecular flexibility index (Phi) is 5.68. The van der Waals surface area contributed by atoms with Gasteiger partial charge >= 0.3 is 0 Å². The molecule has 0 atom stereocenters. The van der Waals surface area contributed by atoms with E-state index in [1.165, 1.54) is 0 Å². The van der Waals surface area contributed by atoms with Crippen LogP contribution in [-0.4, -0.2) is 36.8 Å². The van der Waals surface area contributed by atoms with Crippen LogP contribution in [0.25, 0.3) is 21.8 Å². The zero-order chi connectivity index (χ0) is 22.1. The zero-order valence-electron chi connectivity index (χ0n) is 17.4. The first-order valence-corrected chi connectivity index (χ1v) is 11.3. The number of carbonyl (C=O) groups is 1. The number of nitrogens with zero attached hydrogens (tertiary/aromatic N) is 2. The molecule has 162 valence electrons. The van der Waals surface area contributed by atoms with Gasteiger partial charge < -0.3 is 19.5 Å². The SMILES string of the molecule is O=C(Cn1c2ccccc2c(=O)c2ccccc21)Nc1cc(Br)ccc1N1CCOCC1. The lowest BCUT2D eigenvalue weighted by Crippen LogP contribution is -2.36. The van der Waals surface area contributed by atoms with Gasteiger partial charge in [-0.3, -0.25) is 9.59 Å². The molecule has 0 radical (unpaired) electrons. The fourth-order valence-electron chi connectivity index (χ4n) is 4.27. The number of aromatic nitrogens is 1. The van der Waals surface area contributed by atoms with Crippen molar-refractivity contribution in [2.45, 2.75) is 6.54 Å². The second kappa shape index (κ2) is 8.76. The van der Waals surface area contributed by atoms with Gasteiger partial charge in [-0.25, -0.2) is 0 Å². The number of rotatable bonds is 4. The van der Waals surface area contributed by atoms with Gasteiger partial charge in [-0.2, -0.15) is 0 Å². The zero-order valence-corrected chi connectivity index (χ0v) is 19.0. The molecule has 1 aliphatic rings. The first-order chi connectivity index (χ1) is 15.6. The van der Waals surface area contributed by atoms with Crippen molar-refractivity contribution in [2.24, 2.45) is 0 Å². The van der Waals surface area contributed by atoms with Gasteiger partial charge in [0.2, 0.25) is 5.91 Å². The summed E-state index contributed by atoms with van der Waals surface area (Å²) in [5.74, 6) is -0.156. The predicted octanol–water partition coefficient (Wildman–Crippen LogP) is 4.39. The molecule has 4 aromatic rings. The molecule has 1 amide bonds. The number of morpholine rings is 1. The number of pyridine rings is 1. The van der Waals surface area contributed by atoms with Crippen LogP contribution >= 0.6 is 15.9 Å². The largest absolute Gasteiger partial charge is 0.378 e. The molecule has 7 heteroatoms. The number of halogens is 1. The lowest BCUT2D eigenvalue weighted by molar-refractivity contribution is -0.116. The first kappa shape index (κ1) is 20.7. The van der Waals surface area contributed by atoms with Gasteiger partial charge in [-0.15, -0.1) is 0 Å². The minimum absolute atomic E-state index is 0.0190. The maximum absolute atomic E-state index is 13.2. The molecule has 0 bridgehead atoms. The van der Waals surface area contributed by atoms with Crippen LogP contribution in [0.4, 0.5) is 11.4 Å². The van der Waals surface area contributed by atoms with Crippen LogP contribution in [0.1, 0.15) is 0 Å². The van der Waals surface area contributed by atoms with Crippen molar-refractivity contribution in [1.29, 1.82) is 0 Å². The van der Waals surface area contributed by atoms with Gasteiger partial charge in [0.05, 0.1) is 35.6 Å². The normalized spacial score (nSPS) is 14.1. The number of fused-ring (bicyclic) bond motifs is 2. The fraction of sp³-hybridized carbons (Fsp3) is 0.200. The van der Waals surface area contributed by atoms with Crippen LogP contribution in [0.5, 0.6) is 0 Å². The van der Waals surface area contributed by atoms with E-state index in [0.717, 1.165) is 40.0 Å². The Morgan fingerprint density at radius 2 is 1.56 bits per heavy atom. The molecular weight excluding hydrogens is 470 g/mol. The van der Waals surface area contributed by atoms with E-state index in [0.29, 0.717) is 24.0 Å². The number of anilines is 2. The molecule has 0 saturated carbocycles. The Morgan fingerprint density at radius 3 is 2.22 bits per heavy atom. The van der Waals surface area contributed by atoms with Crippen LogP contribution in [0.3, 0.4) is 0 Å². The maximum atomic E-state index is 13.2. The van der Waals surface area contributed by atoms with Gasteiger partial charge in [0.1, 0.15) is 6.54 Å². The molecule has 5 rings (SSSR count). The van der Waals surface area contributed by atoms with Crippen molar-refractivity contribution in [3.63, 3.8) is 0 Å². The van der Waals surface area contributed by atoms with E-state index in [1.807, 2.05) is 71.3 Å². The monoisotopic (exact) mass is 491 g/mol. The second-order valence-corrected chi connectivity index (χ2v) is 8.67. The summed E-state index contributed by atoms with van der Waals surface area (Å²) in [6.45, 7) is 2.98. The van der Waals surface area contributed by atoms with E-state index in [4.69, 9.17) is 4.74 Å². The van der Waals surface area contributed by atoms with E-state index in [2.05, 4.69) is 26.1 Å². The quantitative estimate of drug-likeness (QED) is 0.430. The topological polar surface area (TPSA) is 63.6 Å². The number of nitrogens with one attached hydrogen (secondary N) is 1. The third kappa shape index (κ3) is 3.89. The van der Waals surface area contributed by atoms with E-state index >= 15 is 0 Å². The lowest BCUT2D eigenvalue weighted by Gasteiger charge is -2.30. The summed E-state index contributed by atoms with van der Waals surface area (Å²) in [5.41, 5.74) is 3.19. The third-order valence-electron chi connectivity index (χ3n) is 5.77. The highest BCUT2D eigenvalue weighted by molar-refractivity contribution is 9.10. The number of carbonyl (C=O) groups excluding carboxylic acids is 1. The third-order valence-corrected chi connectivity index (χ3v) is 6.26. The number of hydrogen-bond acceptors (Lipinski definition) is 4. The Morgan fingerprint density at radius 1 is 0.938 bits per heavy atom. The number of amides is 1. The van der Waals surface area contributed by atoms with E-state index in [-0.39, 0.29) is 17.9 Å². The number of para-hydroxylation sites is 2. The summed E-state index contributed by atoms with van der Waals surface area (Å²) in [7, 11) is 0. The smallest absolute Gasteiger partial charge is 0.244 e. The van der Waals surface area contributed by atoms with E-state index < -0.39 is 0 Å². The van der Waals surface area contributed by atoms with Crippen molar-refractivity contribution >= 4 is 55.0 Å². The summed E-state index contributed by atoms with van der Waals surface area (Å²) in [5, 5.41) is 4.30. The highest BCUT2D eigenvalue weighted by atomic mass is 79.9. The van der Waals surface area contributed by atoms with Gasteiger partial charge in [0.15, 0.2) is 5.43 Å². The molecule has 1 aromatic heterocycles. The standard InChI is InChI=1S/C25H22BrN3O3/c26-17-9-10-23(28-11-13-32-14-12-28)20(15-17)27-24(30)16-29-21-7-3-1-5-18(21)25(31)19-6-2-4-8-22(19)29/h1-10,15H,11-14,16H2,(H,27,30). The second-order valence-electron chi connectivity index (χ2n) is 7.76. The van der Waals surface area contributed by atoms with E-state index in [1.54, 1.807) is 0 Å². The van der Waals surface area contributed by atoms with E-state index in [9.17, 15) is 9.59 Å². The summed E-state index contributed by atoms with van der Waals surface area (Å²) >= 11 is 3.52. The molecule has 1 aliphatic heterocycles. The molecule has 1 N–H and O–H groups in total. The summed E-state index contributed by atoms with van der Waals surface area (Å²) in [4.78, 5) is 28.4. The van der Waals surface area contributed by atoms with Gasteiger partial charge in [0.25, 0.3) is 0 Å². The highest BCUT2D eigenvalue weighted by Gasteiger charge is 2.18. The van der Waals surface area contributed by atoms with Crippen LogP contribution in [-0.2, 0) is 16.1 Å². The molecule has 1 fully saturated rings. The summed E-state index contributed by atoms with van der Waals surface area (Å²) in [6, 6.07) is 20.8. The fourth-order valence-corrected chi connectivity index (χ4v) is 4.63. The van der Waals surface area contributed by atoms with Gasteiger partial charge in [-0.05, 0) is 42.5 Å². The Labute approximate surface area is 193 Å². The van der Waals surface area contributed by atoms with Crippen molar-refractivity contribution < 1.29 is 9.53 Å². The molecule has 6 nitrogen and oxygen atoms in total. The lowest BCUT2D eigenvalue weighted by atomic mass is 10.1. The minimum atomic E-state index is -0.156. The molecular formula is C25H22BrN3O3. The molecule has 0 spiro atoms. The van der Waals surface area contributed by atoms with Crippen LogP contribution in [0.15, 0.2) is 76.0 Å². The molecule has 0 aliphatic carbocycles. The Hall–Kier alpha value is -3.16. The van der Waals surface area contributed by atoms with Crippen molar-refractivity contribution in [3.05, 3.63) is 81.4 Å². The van der Waals surface area contributed by atoms with Crippen LogP contribution < -0.4 is 15.6 Å². The molecule has 3 aromatic carbocycles. The summed E-state index contributed by atoms with van der Waals surface area (Å²) < 4.78 is 8.27. The predicted molar refractivity (Wildman–Crippen MR) is 132 cm³/mol. The molecule has 0 unspecified atom stereocenters. The van der Waals surface area contributed by atoms with Crippen molar-refractivity contribution in [2.75, 3.05) is 36.5 Å². The number of benzene rings is 3. The average Bonchev–Trinajstić information content (AvgIpc) is 2.82. The number of hydrogen-bond donors (Lipinski definition) is 1. The van der Waals surface area contributed by atoms with Crippen LogP contribution in [0.2, 0.25) is 0 Å². The van der Waals surface area contributed by atoms with Gasteiger partial charge in [-0.1, -0.05) is 40.2 Å². The molecule has 1 saturated heterocycles. The summed E-state index contributed by atoms with van der Waals surface area (Å²) in [6.07, 6.45) is 0. The Balaban J connectivity index is 1.52. The first-order valence-electron chi connectivity index (χ1n) is 10.5. The average molecular weight is 492 g/mol. The van der Waals surface area contributed by atoms with Crippen LogP contribution in [0, 0.1) is 0 Å². The number of ether oxygens (including phenoxy) is 1. The minimum Gasteiger partial charge on any atom is -0.378 e. The highest BCUT2D eigenvalue weighted by Crippen LogP contribution is 2.30. The Bertz CT molecular complexity index is 1320. The van der Waals surface area contributed by atoms with Gasteiger partial charge in [0, 0.05) is 28.3 Å². The molecule has 2 heterocycles. The van der Waals surface area contributed by atoms with Crippen molar-refractivity contribution in [3.8, 4) is 0 Å². The molecule has 32 heavy (non-hydrogen) atoms. The maximum Gasteiger partial charge on any atom is 0.244 e. The van der Waals surface area contributed by atoms with Crippen molar-refractivity contribution in [1.82, 2.24) is 4.57 Å².